The number of rotatable bonds is 3. The molecule has 0 fully saturated rings. The summed E-state index contributed by atoms with van der Waals surface area (Å²) in [4.78, 5) is 4.10. The SMILES string of the molecule is CCn1ccnc1Oc1ccc(N)c(Cl)c1. The molecule has 2 rings (SSSR count). The first kappa shape index (κ1) is 10.8. The molecule has 4 nitrogen and oxygen atoms in total. The Labute approximate surface area is 98.6 Å². The summed E-state index contributed by atoms with van der Waals surface area (Å²) in [5, 5.41) is 0.479. The Kier molecular flexibility index (Phi) is 3.01. The fourth-order valence-electron chi connectivity index (χ4n) is 1.32. The molecule has 0 aliphatic heterocycles. The van der Waals surface area contributed by atoms with Crippen LogP contribution in [0.3, 0.4) is 0 Å². The maximum Gasteiger partial charge on any atom is 0.301 e. The molecule has 16 heavy (non-hydrogen) atoms. The molecule has 0 bridgehead atoms. The van der Waals surface area contributed by atoms with Gasteiger partial charge in [-0.1, -0.05) is 11.6 Å². The molecule has 5 heteroatoms. The van der Waals surface area contributed by atoms with Crippen molar-refractivity contribution in [1.82, 2.24) is 9.55 Å². The number of nitrogens with zero attached hydrogens (tertiary/aromatic N) is 2. The average Bonchev–Trinajstić information content (AvgIpc) is 2.71. The summed E-state index contributed by atoms with van der Waals surface area (Å²) >= 11 is 5.90. The van der Waals surface area contributed by atoms with Crippen molar-refractivity contribution in [3.05, 3.63) is 35.6 Å². The van der Waals surface area contributed by atoms with Crippen LogP contribution in [0.25, 0.3) is 0 Å². The minimum absolute atomic E-state index is 0.479. The number of halogens is 1. The summed E-state index contributed by atoms with van der Waals surface area (Å²) in [5.41, 5.74) is 6.14. The molecular weight excluding hydrogens is 226 g/mol. The van der Waals surface area contributed by atoms with Gasteiger partial charge in [0.1, 0.15) is 5.75 Å². The Hall–Kier alpha value is -1.68. The van der Waals surface area contributed by atoms with Crippen molar-refractivity contribution in [2.45, 2.75) is 13.5 Å². The van der Waals surface area contributed by atoms with Crippen LogP contribution in [-0.4, -0.2) is 9.55 Å². The van der Waals surface area contributed by atoms with E-state index in [2.05, 4.69) is 4.98 Å². The van der Waals surface area contributed by atoms with E-state index in [9.17, 15) is 0 Å². The predicted molar refractivity (Wildman–Crippen MR) is 63.8 cm³/mol. The van der Waals surface area contributed by atoms with Crippen LogP contribution in [0.2, 0.25) is 5.02 Å². The van der Waals surface area contributed by atoms with Gasteiger partial charge in [-0.3, -0.25) is 0 Å². The van der Waals surface area contributed by atoms with Crippen LogP contribution in [0, 0.1) is 0 Å². The lowest BCUT2D eigenvalue weighted by molar-refractivity contribution is 0.415. The molecule has 1 aromatic heterocycles. The van der Waals surface area contributed by atoms with Crippen LogP contribution in [0.4, 0.5) is 5.69 Å². The number of hydrogen-bond donors (Lipinski definition) is 1. The number of aromatic nitrogens is 2. The van der Waals surface area contributed by atoms with E-state index in [1.807, 2.05) is 17.7 Å². The van der Waals surface area contributed by atoms with Crippen LogP contribution in [0.1, 0.15) is 6.92 Å². The quantitative estimate of drug-likeness (QED) is 0.835. The highest BCUT2D eigenvalue weighted by Crippen LogP contribution is 2.27. The van der Waals surface area contributed by atoms with Gasteiger partial charge in [-0.05, 0) is 19.1 Å². The lowest BCUT2D eigenvalue weighted by Crippen LogP contribution is -1.97. The maximum absolute atomic E-state index is 5.90. The van der Waals surface area contributed by atoms with Crippen molar-refractivity contribution < 1.29 is 4.74 Å². The fraction of sp³-hybridized carbons (Fsp3) is 0.182. The van der Waals surface area contributed by atoms with Gasteiger partial charge in [0.15, 0.2) is 0 Å². The highest BCUT2D eigenvalue weighted by molar-refractivity contribution is 6.33. The van der Waals surface area contributed by atoms with Gasteiger partial charge in [-0.25, -0.2) is 4.98 Å². The van der Waals surface area contributed by atoms with Gasteiger partial charge < -0.3 is 15.0 Å². The van der Waals surface area contributed by atoms with Gasteiger partial charge in [0.25, 0.3) is 0 Å². The molecule has 2 N–H and O–H groups in total. The van der Waals surface area contributed by atoms with E-state index in [1.54, 1.807) is 24.4 Å². The molecular formula is C11H12ClN3O. The minimum atomic E-state index is 0.479. The number of aryl methyl sites for hydroxylation is 1. The maximum atomic E-state index is 5.90. The van der Waals surface area contributed by atoms with Crippen LogP contribution >= 0.6 is 11.6 Å². The van der Waals surface area contributed by atoms with Crippen LogP contribution in [0.15, 0.2) is 30.6 Å². The number of hydrogen-bond acceptors (Lipinski definition) is 3. The second kappa shape index (κ2) is 4.45. The van der Waals surface area contributed by atoms with Crippen LogP contribution < -0.4 is 10.5 Å². The number of anilines is 1. The molecule has 2 aromatic rings. The average molecular weight is 238 g/mol. The standard InChI is InChI=1S/C11H12ClN3O/c1-2-15-6-5-14-11(15)16-8-3-4-10(13)9(12)7-8/h3-7H,2,13H2,1H3. The zero-order valence-corrected chi connectivity index (χ0v) is 9.61. The van der Waals surface area contributed by atoms with Gasteiger partial charge in [0, 0.05) is 25.0 Å². The Balaban J connectivity index is 2.24. The first-order chi connectivity index (χ1) is 7.70. The lowest BCUT2D eigenvalue weighted by Gasteiger charge is -2.07. The summed E-state index contributed by atoms with van der Waals surface area (Å²) < 4.78 is 7.48. The highest BCUT2D eigenvalue weighted by atomic mass is 35.5. The summed E-state index contributed by atoms with van der Waals surface area (Å²) in [7, 11) is 0. The fourth-order valence-corrected chi connectivity index (χ4v) is 1.49. The largest absolute Gasteiger partial charge is 0.425 e. The van der Waals surface area contributed by atoms with Crippen molar-refractivity contribution in [3.63, 3.8) is 0 Å². The molecule has 0 atom stereocenters. The van der Waals surface area contributed by atoms with Gasteiger partial charge in [-0.2, -0.15) is 0 Å². The molecule has 0 aliphatic carbocycles. The van der Waals surface area contributed by atoms with Crippen molar-refractivity contribution in [3.8, 4) is 11.8 Å². The zero-order chi connectivity index (χ0) is 11.5. The van der Waals surface area contributed by atoms with Crippen LogP contribution in [0.5, 0.6) is 11.8 Å². The second-order valence-electron chi connectivity index (χ2n) is 3.28. The van der Waals surface area contributed by atoms with E-state index in [0.29, 0.717) is 22.5 Å². The number of nitrogen functional groups attached to an aromatic ring is 1. The number of imidazole rings is 1. The molecule has 0 saturated carbocycles. The Morgan fingerprint density at radius 1 is 1.50 bits per heavy atom. The first-order valence-electron chi connectivity index (χ1n) is 4.94. The van der Waals surface area contributed by atoms with Gasteiger partial charge in [0.2, 0.25) is 0 Å². The smallest absolute Gasteiger partial charge is 0.301 e. The van der Waals surface area contributed by atoms with E-state index in [1.165, 1.54) is 0 Å². The molecule has 1 heterocycles. The Morgan fingerprint density at radius 3 is 3.00 bits per heavy atom. The molecule has 0 saturated heterocycles. The second-order valence-corrected chi connectivity index (χ2v) is 3.69. The van der Waals surface area contributed by atoms with E-state index in [4.69, 9.17) is 22.1 Å². The number of nitrogens with two attached hydrogens (primary N) is 1. The molecule has 1 aromatic carbocycles. The molecule has 0 spiro atoms. The molecule has 0 unspecified atom stereocenters. The highest BCUT2D eigenvalue weighted by Gasteiger charge is 2.05. The number of benzene rings is 1. The van der Waals surface area contributed by atoms with Crippen molar-refractivity contribution >= 4 is 17.3 Å². The minimum Gasteiger partial charge on any atom is -0.425 e. The van der Waals surface area contributed by atoms with Gasteiger partial charge in [-0.15, -0.1) is 0 Å². The van der Waals surface area contributed by atoms with Crippen molar-refractivity contribution in [1.29, 1.82) is 0 Å². The first-order valence-corrected chi connectivity index (χ1v) is 5.32. The third kappa shape index (κ3) is 2.12. The Bertz CT molecular complexity index is 496. The lowest BCUT2D eigenvalue weighted by atomic mass is 10.3. The molecule has 0 amide bonds. The summed E-state index contributed by atoms with van der Waals surface area (Å²) in [6.07, 6.45) is 3.55. The van der Waals surface area contributed by atoms with E-state index in [-0.39, 0.29) is 0 Å². The van der Waals surface area contributed by atoms with Crippen molar-refractivity contribution in [2.24, 2.45) is 0 Å². The monoisotopic (exact) mass is 237 g/mol. The molecule has 0 aliphatic rings. The predicted octanol–water partition coefficient (Wildman–Crippen LogP) is 2.93. The topological polar surface area (TPSA) is 53.1 Å². The van der Waals surface area contributed by atoms with Gasteiger partial charge in [0.05, 0.1) is 10.7 Å². The zero-order valence-electron chi connectivity index (χ0n) is 8.85. The van der Waals surface area contributed by atoms with Crippen LogP contribution in [-0.2, 0) is 6.54 Å². The molecule has 0 radical (unpaired) electrons. The van der Waals surface area contributed by atoms with E-state index in [0.717, 1.165) is 6.54 Å². The molecule has 84 valence electrons. The van der Waals surface area contributed by atoms with E-state index < -0.39 is 0 Å². The number of ether oxygens (including phenoxy) is 1. The third-order valence-corrected chi connectivity index (χ3v) is 2.53. The summed E-state index contributed by atoms with van der Waals surface area (Å²) in [6.45, 7) is 2.82. The van der Waals surface area contributed by atoms with Crippen molar-refractivity contribution in [2.75, 3.05) is 5.73 Å². The normalized spacial score (nSPS) is 10.4. The summed E-state index contributed by atoms with van der Waals surface area (Å²) in [5.74, 6) is 0.625. The summed E-state index contributed by atoms with van der Waals surface area (Å²) in [6, 6.07) is 5.68. The van der Waals surface area contributed by atoms with E-state index >= 15 is 0 Å². The Morgan fingerprint density at radius 2 is 2.31 bits per heavy atom. The third-order valence-electron chi connectivity index (χ3n) is 2.20. The van der Waals surface area contributed by atoms with Gasteiger partial charge >= 0.3 is 6.01 Å².